The van der Waals surface area contributed by atoms with Gasteiger partial charge >= 0.3 is 0 Å². The van der Waals surface area contributed by atoms with E-state index in [-0.39, 0.29) is 17.4 Å². The van der Waals surface area contributed by atoms with E-state index in [4.69, 9.17) is 4.74 Å². The maximum atomic E-state index is 12.6. The van der Waals surface area contributed by atoms with Crippen LogP contribution in [-0.4, -0.2) is 30.9 Å². The van der Waals surface area contributed by atoms with Crippen LogP contribution in [0.25, 0.3) is 5.82 Å². The molecule has 0 saturated carbocycles. The zero-order valence-electron chi connectivity index (χ0n) is 17.3. The van der Waals surface area contributed by atoms with Crippen molar-refractivity contribution in [1.82, 2.24) is 25.0 Å². The molecule has 32 heavy (non-hydrogen) atoms. The Bertz CT molecular complexity index is 1330. The Hall–Kier alpha value is -4.27. The Morgan fingerprint density at radius 1 is 1.12 bits per heavy atom. The maximum absolute atomic E-state index is 12.6. The monoisotopic (exact) mass is 428 g/mol. The summed E-state index contributed by atoms with van der Waals surface area (Å²) in [6.45, 7) is 2.25. The van der Waals surface area contributed by atoms with Crippen LogP contribution in [0.15, 0.2) is 65.6 Å². The summed E-state index contributed by atoms with van der Waals surface area (Å²) >= 11 is 0. The molecule has 0 bridgehead atoms. The van der Waals surface area contributed by atoms with Gasteiger partial charge in [-0.15, -0.1) is 0 Å². The minimum atomic E-state index is -0.309. The van der Waals surface area contributed by atoms with Crippen molar-refractivity contribution < 1.29 is 9.53 Å². The molecular weight excluding hydrogens is 408 g/mol. The number of pyridine rings is 1. The van der Waals surface area contributed by atoms with Gasteiger partial charge in [0.25, 0.3) is 5.56 Å². The van der Waals surface area contributed by atoms with Crippen LogP contribution in [-0.2, 0) is 11.4 Å². The number of ether oxygens (including phenoxy) is 1. The number of aromatic amines is 1. The highest BCUT2D eigenvalue weighted by Gasteiger charge is 2.33. The molecule has 4 heterocycles. The molecule has 0 fully saturated rings. The normalized spacial score (nSPS) is 15.2. The molecule has 1 aliphatic rings. The number of carbonyl (C=O) groups excluding carboxylic acids is 1. The predicted octanol–water partition coefficient (Wildman–Crippen LogP) is 2.71. The minimum absolute atomic E-state index is 0.118. The second-order valence-corrected chi connectivity index (χ2v) is 7.53. The number of rotatable bonds is 5. The molecule has 0 spiro atoms. The Balaban J connectivity index is 1.49. The lowest BCUT2D eigenvalue weighted by molar-refractivity contribution is -0.116. The fraction of sp³-hybridized carbons (Fsp3) is 0.174. The molecule has 0 radical (unpaired) electrons. The largest absolute Gasteiger partial charge is 0.487 e. The van der Waals surface area contributed by atoms with Crippen molar-refractivity contribution >= 4 is 11.7 Å². The topological polar surface area (TPSA) is 115 Å². The van der Waals surface area contributed by atoms with E-state index in [1.807, 2.05) is 49.4 Å². The Morgan fingerprint density at radius 3 is 2.81 bits per heavy atom. The predicted molar refractivity (Wildman–Crippen MR) is 117 cm³/mol. The van der Waals surface area contributed by atoms with Gasteiger partial charge in [-0.3, -0.25) is 14.6 Å². The van der Waals surface area contributed by atoms with E-state index in [2.05, 4.69) is 25.6 Å². The average Bonchev–Trinajstić information content (AvgIpc) is 3.14. The van der Waals surface area contributed by atoms with Crippen molar-refractivity contribution in [2.45, 2.75) is 25.9 Å². The zero-order valence-corrected chi connectivity index (χ0v) is 17.3. The van der Waals surface area contributed by atoms with E-state index in [0.717, 1.165) is 22.5 Å². The number of H-pyrrole nitrogens is 1. The third-order valence-corrected chi connectivity index (χ3v) is 5.36. The second kappa shape index (κ2) is 8.10. The molecule has 0 saturated heterocycles. The number of anilines is 1. The van der Waals surface area contributed by atoms with Crippen LogP contribution < -0.4 is 15.6 Å². The molecule has 0 unspecified atom stereocenters. The summed E-state index contributed by atoms with van der Waals surface area (Å²) in [5, 5.41) is 13.9. The van der Waals surface area contributed by atoms with Gasteiger partial charge in [0.2, 0.25) is 5.91 Å². The molecule has 1 aromatic carbocycles. The molecule has 9 nitrogen and oxygen atoms in total. The lowest BCUT2D eigenvalue weighted by atomic mass is 9.86. The molecule has 1 atom stereocenters. The van der Waals surface area contributed by atoms with Gasteiger partial charge in [-0.25, -0.2) is 5.10 Å². The summed E-state index contributed by atoms with van der Waals surface area (Å²) in [6, 6.07) is 16.4. The summed E-state index contributed by atoms with van der Waals surface area (Å²) in [6.07, 6.45) is 2.03. The average molecular weight is 428 g/mol. The minimum Gasteiger partial charge on any atom is -0.487 e. The molecule has 3 aromatic heterocycles. The second-order valence-electron chi connectivity index (χ2n) is 7.53. The van der Waals surface area contributed by atoms with Gasteiger partial charge in [-0.1, -0.05) is 18.2 Å². The number of nitrogens with one attached hydrogen (secondary N) is 2. The maximum Gasteiger partial charge on any atom is 0.264 e. The third-order valence-electron chi connectivity index (χ3n) is 5.36. The number of hydrogen-bond donors (Lipinski definition) is 2. The number of aryl methyl sites for hydroxylation is 1. The Morgan fingerprint density at radius 2 is 2.03 bits per heavy atom. The van der Waals surface area contributed by atoms with Crippen LogP contribution in [0.3, 0.4) is 0 Å². The molecule has 160 valence electrons. The third kappa shape index (κ3) is 3.76. The van der Waals surface area contributed by atoms with E-state index in [1.165, 1.54) is 6.07 Å². The van der Waals surface area contributed by atoms with Gasteiger partial charge in [-0.05, 0) is 42.8 Å². The summed E-state index contributed by atoms with van der Waals surface area (Å²) in [4.78, 5) is 28.2. The van der Waals surface area contributed by atoms with Gasteiger partial charge in [-0.2, -0.15) is 14.9 Å². The van der Waals surface area contributed by atoms with Crippen LogP contribution in [0.1, 0.15) is 34.9 Å². The van der Waals surface area contributed by atoms with E-state index < -0.39 is 0 Å². The van der Waals surface area contributed by atoms with Gasteiger partial charge in [0.15, 0.2) is 5.82 Å². The zero-order chi connectivity index (χ0) is 22.1. The van der Waals surface area contributed by atoms with Crippen LogP contribution in [0.2, 0.25) is 0 Å². The molecule has 9 heteroatoms. The van der Waals surface area contributed by atoms with E-state index in [1.54, 1.807) is 16.9 Å². The first-order valence-corrected chi connectivity index (χ1v) is 10.2. The summed E-state index contributed by atoms with van der Waals surface area (Å²) in [7, 11) is 0. The summed E-state index contributed by atoms with van der Waals surface area (Å²) in [5.41, 5.74) is 3.17. The van der Waals surface area contributed by atoms with Crippen LogP contribution in [0.5, 0.6) is 5.75 Å². The lowest BCUT2D eigenvalue weighted by Gasteiger charge is -2.24. The smallest absolute Gasteiger partial charge is 0.264 e. The number of carbonyl (C=O) groups is 1. The SMILES string of the molecule is Cc1nn(-c2ccc(=O)[nH]n2)c2c1[C@@H](c1cccc(OCc3ccccn3)c1)CC(=O)N2. The molecular formula is C23H20N6O3. The van der Waals surface area contributed by atoms with E-state index in [0.29, 0.717) is 30.4 Å². The van der Waals surface area contributed by atoms with E-state index in [9.17, 15) is 9.59 Å². The summed E-state index contributed by atoms with van der Waals surface area (Å²) < 4.78 is 7.47. The van der Waals surface area contributed by atoms with Crippen molar-refractivity contribution in [2.24, 2.45) is 0 Å². The van der Waals surface area contributed by atoms with Gasteiger partial charge in [0.1, 0.15) is 18.2 Å². The fourth-order valence-corrected chi connectivity index (χ4v) is 3.91. The van der Waals surface area contributed by atoms with E-state index >= 15 is 0 Å². The first-order chi connectivity index (χ1) is 15.6. The number of amides is 1. The lowest BCUT2D eigenvalue weighted by Crippen LogP contribution is -2.25. The summed E-state index contributed by atoms with van der Waals surface area (Å²) in [5.74, 6) is 1.38. The first kappa shape index (κ1) is 19.7. The van der Waals surface area contributed by atoms with Crippen molar-refractivity contribution in [3.63, 3.8) is 0 Å². The number of fused-ring (bicyclic) bond motifs is 1. The number of nitrogens with zero attached hydrogens (tertiary/aromatic N) is 4. The molecule has 5 rings (SSSR count). The van der Waals surface area contributed by atoms with Gasteiger partial charge in [0, 0.05) is 30.2 Å². The van der Waals surface area contributed by atoms with Crippen LogP contribution in [0.4, 0.5) is 5.82 Å². The molecule has 1 aliphatic heterocycles. The van der Waals surface area contributed by atoms with Crippen molar-refractivity contribution in [2.75, 3.05) is 5.32 Å². The highest BCUT2D eigenvalue weighted by Crippen LogP contribution is 2.40. The van der Waals surface area contributed by atoms with Crippen molar-refractivity contribution in [3.8, 4) is 11.6 Å². The van der Waals surface area contributed by atoms with Crippen molar-refractivity contribution in [3.05, 3.63) is 93.7 Å². The highest BCUT2D eigenvalue weighted by atomic mass is 16.5. The van der Waals surface area contributed by atoms with Crippen LogP contribution in [0, 0.1) is 6.92 Å². The number of hydrogen-bond acceptors (Lipinski definition) is 6. The Kier molecular flexibility index (Phi) is 4.98. The number of aromatic nitrogens is 5. The van der Waals surface area contributed by atoms with Crippen molar-refractivity contribution in [1.29, 1.82) is 0 Å². The first-order valence-electron chi connectivity index (χ1n) is 10.2. The highest BCUT2D eigenvalue weighted by molar-refractivity contribution is 5.95. The number of benzene rings is 1. The molecule has 1 amide bonds. The van der Waals surface area contributed by atoms with Gasteiger partial charge < -0.3 is 10.1 Å². The molecule has 4 aromatic rings. The standard InChI is InChI=1S/C23H20N6O3/c1-14-22-18(15-5-4-7-17(11-15)32-13-16-6-2-3-10-24-16)12-21(31)25-23(22)29(28-14)19-8-9-20(30)27-26-19/h2-11,18H,12-13H2,1H3,(H,25,31)(H,27,30)/t18-/m1/s1. The van der Waals surface area contributed by atoms with Gasteiger partial charge in [0.05, 0.1) is 11.4 Å². The Labute approximate surface area is 183 Å². The molecule has 2 N–H and O–H groups in total. The van der Waals surface area contributed by atoms with Crippen LogP contribution >= 0.6 is 0 Å². The fourth-order valence-electron chi connectivity index (χ4n) is 3.91. The quantitative estimate of drug-likeness (QED) is 0.505. The molecule has 0 aliphatic carbocycles.